The molecule has 1 aliphatic heterocycles. The van der Waals surface area contributed by atoms with Gasteiger partial charge < -0.3 is 9.64 Å². The van der Waals surface area contributed by atoms with Crippen LogP contribution in [-0.4, -0.2) is 22.9 Å². The van der Waals surface area contributed by atoms with Crippen LogP contribution < -0.4 is 10.2 Å². The van der Waals surface area contributed by atoms with Crippen molar-refractivity contribution in [3.05, 3.63) is 65.5 Å². The van der Waals surface area contributed by atoms with Crippen molar-refractivity contribution in [3.63, 3.8) is 0 Å². The fourth-order valence-corrected chi connectivity index (χ4v) is 3.04. The molecule has 2 aromatic carbocycles. The number of alkyl carbamates (subject to hydrolysis) is 1. The van der Waals surface area contributed by atoms with Crippen molar-refractivity contribution in [3.8, 4) is 0 Å². The smallest absolute Gasteiger partial charge is 0.410 e. The molecule has 0 fully saturated rings. The highest BCUT2D eigenvalue weighted by atomic mass is 19.1. The van der Waals surface area contributed by atoms with Crippen LogP contribution in [0.15, 0.2) is 48.5 Å². The van der Waals surface area contributed by atoms with Crippen LogP contribution in [0, 0.1) is 5.82 Å². The molecule has 148 valence electrons. The number of carbonyl (C=O) groups excluding carboxylic acids is 2. The summed E-state index contributed by atoms with van der Waals surface area (Å²) in [5.41, 5.74) is -2.08. The molecule has 3 rings (SSSR count). The van der Waals surface area contributed by atoms with Gasteiger partial charge >= 0.3 is 6.09 Å². The molecule has 28 heavy (non-hydrogen) atoms. The molecule has 0 radical (unpaired) electrons. The van der Waals surface area contributed by atoms with Crippen LogP contribution in [0.5, 0.6) is 0 Å². The van der Waals surface area contributed by atoms with Crippen LogP contribution in [0.1, 0.15) is 31.9 Å². The fraction of sp³-hybridized carbons (Fsp3) is 0.300. The summed E-state index contributed by atoms with van der Waals surface area (Å²) in [6.07, 6.45) is -0.994. The topological polar surface area (TPSA) is 88.1 Å². The summed E-state index contributed by atoms with van der Waals surface area (Å²) in [7, 11) is 0. The maximum Gasteiger partial charge on any atom is 0.410 e. The summed E-state index contributed by atoms with van der Waals surface area (Å²) >= 11 is 0. The van der Waals surface area contributed by atoms with E-state index in [2.05, 4.69) is 10.2 Å². The Morgan fingerprint density at radius 2 is 1.89 bits per heavy atom. The van der Waals surface area contributed by atoms with Crippen LogP contribution in [0.25, 0.3) is 0 Å². The van der Waals surface area contributed by atoms with E-state index in [0.29, 0.717) is 5.69 Å². The van der Waals surface area contributed by atoms with Gasteiger partial charge in [-0.3, -0.25) is 10.1 Å². The van der Waals surface area contributed by atoms with Gasteiger partial charge in [-0.05, 0) is 44.5 Å². The third-order valence-corrected chi connectivity index (χ3v) is 4.17. The number of benzene rings is 2. The van der Waals surface area contributed by atoms with Crippen LogP contribution in [0.4, 0.5) is 14.9 Å². The lowest BCUT2D eigenvalue weighted by atomic mass is 10.0. The maximum absolute atomic E-state index is 13.9. The number of carbonyl (C=O) groups is 2. The molecule has 2 aromatic rings. The minimum absolute atomic E-state index is 0.0261. The molecule has 2 amide bonds. The van der Waals surface area contributed by atoms with Gasteiger partial charge in [0.1, 0.15) is 11.4 Å². The zero-order valence-electron chi connectivity index (χ0n) is 15.7. The van der Waals surface area contributed by atoms with Gasteiger partial charge in [0.2, 0.25) is 0 Å². The van der Waals surface area contributed by atoms with E-state index in [1.807, 2.05) is 30.3 Å². The highest BCUT2D eigenvalue weighted by molar-refractivity contribution is 6.08. The van der Waals surface area contributed by atoms with Crippen molar-refractivity contribution in [2.45, 2.75) is 38.6 Å². The van der Waals surface area contributed by atoms with Crippen molar-refractivity contribution in [1.29, 1.82) is 0 Å². The Morgan fingerprint density at radius 3 is 2.50 bits per heavy atom. The summed E-state index contributed by atoms with van der Waals surface area (Å²) in [6, 6.07) is 12.7. The van der Waals surface area contributed by atoms with Crippen LogP contribution in [0.2, 0.25) is 0 Å². The second-order valence-electron chi connectivity index (χ2n) is 7.44. The first-order chi connectivity index (χ1) is 13.2. The minimum atomic E-state index is -2.31. The fourth-order valence-electron chi connectivity index (χ4n) is 3.04. The number of rotatable bonds is 4. The number of amides is 2. The summed E-state index contributed by atoms with van der Waals surface area (Å²) in [5.74, 6) is -1.43. The molecule has 1 atom stereocenters. The molecule has 0 unspecified atom stereocenters. The van der Waals surface area contributed by atoms with E-state index < -0.39 is 29.1 Å². The van der Waals surface area contributed by atoms with Gasteiger partial charge in [0.15, 0.2) is 0 Å². The SMILES string of the molecule is CC(C)(C)OC(=O)N[C@@]1(OO)C(=O)N(Cc2ccccc2)c2ccc(F)cc21. The van der Waals surface area contributed by atoms with E-state index in [0.717, 1.165) is 11.6 Å². The molecule has 1 heterocycles. The predicted molar refractivity (Wildman–Crippen MR) is 98.8 cm³/mol. The number of hydrogen-bond donors (Lipinski definition) is 2. The third-order valence-electron chi connectivity index (χ3n) is 4.17. The Bertz CT molecular complexity index is 897. The number of halogens is 1. The van der Waals surface area contributed by atoms with Gasteiger partial charge in [-0.1, -0.05) is 30.3 Å². The molecule has 0 spiro atoms. The summed E-state index contributed by atoms with van der Waals surface area (Å²) in [5, 5.41) is 11.9. The third kappa shape index (κ3) is 3.69. The van der Waals surface area contributed by atoms with Crippen molar-refractivity contribution in [2.24, 2.45) is 0 Å². The zero-order valence-corrected chi connectivity index (χ0v) is 15.7. The van der Waals surface area contributed by atoms with Gasteiger partial charge in [-0.2, -0.15) is 4.89 Å². The molecular formula is C20H21FN2O5. The molecule has 0 aromatic heterocycles. The standard InChI is InChI=1S/C20H21FN2O5/c1-19(2,3)27-18(25)22-20(28-26)15-11-14(21)9-10-16(15)23(17(20)24)12-13-7-5-4-6-8-13/h4-11,26H,12H2,1-3H3,(H,22,25)/t20-/m0/s1. The summed E-state index contributed by atoms with van der Waals surface area (Å²) < 4.78 is 19.1. The first-order valence-electron chi connectivity index (χ1n) is 8.66. The maximum atomic E-state index is 13.9. The number of ether oxygens (including phenoxy) is 1. The number of nitrogens with zero attached hydrogens (tertiary/aromatic N) is 1. The highest BCUT2D eigenvalue weighted by Crippen LogP contribution is 2.42. The van der Waals surface area contributed by atoms with E-state index >= 15 is 0 Å². The molecule has 7 nitrogen and oxygen atoms in total. The van der Waals surface area contributed by atoms with Gasteiger partial charge in [-0.15, -0.1) is 0 Å². The Kier molecular flexibility index (Phi) is 5.10. The lowest BCUT2D eigenvalue weighted by Gasteiger charge is -2.28. The molecule has 1 aliphatic rings. The Morgan fingerprint density at radius 1 is 1.21 bits per heavy atom. The minimum Gasteiger partial charge on any atom is -0.444 e. The van der Waals surface area contributed by atoms with Gasteiger partial charge in [-0.25, -0.2) is 14.4 Å². The molecule has 2 N–H and O–H groups in total. The second kappa shape index (κ2) is 7.21. The number of nitrogens with one attached hydrogen (secondary N) is 1. The van der Waals surface area contributed by atoms with Gasteiger partial charge in [0, 0.05) is 5.56 Å². The molecular weight excluding hydrogens is 367 g/mol. The quantitative estimate of drug-likeness (QED) is 0.475. The second-order valence-corrected chi connectivity index (χ2v) is 7.44. The predicted octanol–water partition coefficient (Wildman–Crippen LogP) is 3.54. The Hall–Kier alpha value is -2.97. The molecule has 0 saturated carbocycles. The molecule has 8 heteroatoms. The summed E-state index contributed by atoms with van der Waals surface area (Å²) in [4.78, 5) is 31.3. The van der Waals surface area contributed by atoms with E-state index in [1.54, 1.807) is 20.8 Å². The largest absolute Gasteiger partial charge is 0.444 e. The first kappa shape index (κ1) is 19.8. The summed E-state index contributed by atoms with van der Waals surface area (Å²) in [6.45, 7) is 5.07. The van der Waals surface area contributed by atoms with Crippen molar-refractivity contribution >= 4 is 17.7 Å². The van der Waals surface area contributed by atoms with Crippen molar-refractivity contribution in [1.82, 2.24) is 5.32 Å². The lowest BCUT2D eigenvalue weighted by molar-refractivity contribution is -0.321. The van der Waals surface area contributed by atoms with E-state index in [9.17, 15) is 19.2 Å². The number of hydrogen-bond acceptors (Lipinski definition) is 5. The van der Waals surface area contributed by atoms with Crippen molar-refractivity contribution in [2.75, 3.05) is 4.90 Å². The van der Waals surface area contributed by atoms with Gasteiger partial charge in [0.05, 0.1) is 12.2 Å². The zero-order chi connectivity index (χ0) is 20.5. The lowest BCUT2D eigenvalue weighted by Crippen LogP contribution is -2.55. The first-order valence-corrected chi connectivity index (χ1v) is 8.66. The van der Waals surface area contributed by atoms with E-state index in [4.69, 9.17) is 4.74 Å². The normalized spacial score (nSPS) is 18.8. The van der Waals surface area contributed by atoms with Crippen LogP contribution in [0.3, 0.4) is 0 Å². The van der Waals surface area contributed by atoms with Crippen LogP contribution >= 0.6 is 0 Å². The van der Waals surface area contributed by atoms with E-state index in [1.165, 1.54) is 17.0 Å². The molecule has 0 aliphatic carbocycles. The Labute approximate surface area is 161 Å². The highest BCUT2D eigenvalue weighted by Gasteiger charge is 2.55. The Balaban J connectivity index is 2.02. The monoisotopic (exact) mass is 388 g/mol. The molecule has 0 bridgehead atoms. The number of fused-ring (bicyclic) bond motifs is 1. The van der Waals surface area contributed by atoms with Crippen LogP contribution in [-0.2, 0) is 26.7 Å². The average Bonchev–Trinajstić information content (AvgIpc) is 2.83. The van der Waals surface area contributed by atoms with Gasteiger partial charge in [0.25, 0.3) is 11.6 Å². The average molecular weight is 388 g/mol. The number of anilines is 1. The van der Waals surface area contributed by atoms with E-state index in [-0.39, 0.29) is 12.1 Å². The van der Waals surface area contributed by atoms with Crippen molar-refractivity contribution < 1.29 is 28.9 Å². The molecule has 0 saturated heterocycles.